The van der Waals surface area contributed by atoms with Crippen LogP contribution >= 0.6 is 11.3 Å². The van der Waals surface area contributed by atoms with Crippen molar-refractivity contribution in [3.63, 3.8) is 0 Å². The van der Waals surface area contributed by atoms with E-state index >= 15 is 0 Å². The predicted octanol–water partition coefficient (Wildman–Crippen LogP) is 2.84. The summed E-state index contributed by atoms with van der Waals surface area (Å²) in [5, 5.41) is 2.96. The van der Waals surface area contributed by atoms with Crippen LogP contribution in [0.1, 0.15) is 35.3 Å². The van der Waals surface area contributed by atoms with Crippen molar-refractivity contribution < 1.29 is 9.59 Å². The van der Waals surface area contributed by atoms with Crippen LogP contribution in [0.4, 0.5) is 9.80 Å². The van der Waals surface area contributed by atoms with Gasteiger partial charge in [-0.25, -0.2) is 4.79 Å². The molecule has 3 amide bonds. The van der Waals surface area contributed by atoms with Crippen LogP contribution in [0.25, 0.3) is 10.4 Å². The van der Waals surface area contributed by atoms with E-state index in [1.54, 1.807) is 0 Å². The fourth-order valence-electron chi connectivity index (χ4n) is 3.16. The van der Waals surface area contributed by atoms with Gasteiger partial charge in [-0.05, 0) is 28.5 Å². The monoisotopic (exact) mass is 315 g/mol. The van der Waals surface area contributed by atoms with E-state index in [1.807, 2.05) is 18.2 Å². The Morgan fingerprint density at radius 3 is 2.55 bits per heavy atom. The Bertz CT molecular complexity index is 793. The van der Waals surface area contributed by atoms with Gasteiger partial charge >= 0.3 is 6.03 Å². The van der Waals surface area contributed by atoms with Crippen molar-refractivity contribution in [2.24, 2.45) is 11.5 Å². The third-order valence-electron chi connectivity index (χ3n) is 3.96. The smallest absolute Gasteiger partial charge is 0.317 e. The molecule has 114 valence electrons. The van der Waals surface area contributed by atoms with Crippen LogP contribution in [-0.4, -0.2) is 11.9 Å². The number of thiophene rings is 1. The number of hydrogen-bond acceptors (Lipinski definition) is 3. The molecule has 0 aliphatic heterocycles. The lowest BCUT2D eigenvalue weighted by Gasteiger charge is -2.32. The standard InChI is InChI=1S/C16H17N3O2S/c1-16(2)7-8-5-3-4-6-9(8)12-11(16)10(13(17)20)14(22-12)19-15(18)21/h3-6H,7H2,1-2H3,(H2,17,20)(H3,18,19,21). The first kappa shape index (κ1) is 14.6. The summed E-state index contributed by atoms with van der Waals surface area (Å²) in [5.41, 5.74) is 14.1. The number of primary amides is 2. The van der Waals surface area contributed by atoms with Crippen molar-refractivity contribution in [3.8, 4) is 10.4 Å². The van der Waals surface area contributed by atoms with Crippen LogP contribution in [0.2, 0.25) is 0 Å². The summed E-state index contributed by atoms with van der Waals surface area (Å²) >= 11 is 1.35. The number of benzene rings is 1. The number of amides is 3. The minimum absolute atomic E-state index is 0.248. The van der Waals surface area contributed by atoms with Crippen LogP contribution in [-0.2, 0) is 11.8 Å². The van der Waals surface area contributed by atoms with E-state index in [4.69, 9.17) is 11.5 Å². The molecule has 0 fully saturated rings. The summed E-state index contributed by atoms with van der Waals surface area (Å²) in [7, 11) is 0. The normalized spacial score (nSPS) is 14.8. The van der Waals surface area contributed by atoms with E-state index in [2.05, 4.69) is 25.2 Å². The molecule has 1 aliphatic carbocycles. The fourth-order valence-corrected chi connectivity index (χ4v) is 4.61. The molecule has 2 aromatic rings. The number of carbonyl (C=O) groups is 2. The largest absolute Gasteiger partial charge is 0.365 e. The Morgan fingerprint density at radius 2 is 1.91 bits per heavy atom. The second-order valence-corrected chi connectivity index (χ2v) is 7.10. The highest BCUT2D eigenvalue weighted by Gasteiger charge is 2.38. The van der Waals surface area contributed by atoms with Crippen LogP contribution < -0.4 is 16.8 Å². The zero-order valence-electron chi connectivity index (χ0n) is 12.4. The molecular formula is C16H17N3O2S. The molecule has 0 unspecified atom stereocenters. The first-order chi connectivity index (χ1) is 10.3. The van der Waals surface area contributed by atoms with Gasteiger partial charge < -0.3 is 11.5 Å². The van der Waals surface area contributed by atoms with Gasteiger partial charge in [0.1, 0.15) is 5.00 Å². The molecule has 5 N–H and O–H groups in total. The van der Waals surface area contributed by atoms with E-state index in [1.165, 1.54) is 16.9 Å². The van der Waals surface area contributed by atoms with E-state index in [9.17, 15) is 9.59 Å². The number of nitrogens with one attached hydrogen (secondary N) is 1. The number of anilines is 1. The Hall–Kier alpha value is -2.34. The molecule has 5 nitrogen and oxygen atoms in total. The lowest BCUT2D eigenvalue weighted by molar-refractivity contribution is 0.0999. The zero-order valence-corrected chi connectivity index (χ0v) is 13.2. The maximum Gasteiger partial charge on any atom is 0.317 e. The lowest BCUT2D eigenvalue weighted by atomic mass is 9.71. The summed E-state index contributed by atoms with van der Waals surface area (Å²) in [6.45, 7) is 4.16. The van der Waals surface area contributed by atoms with E-state index in [-0.39, 0.29) is 5.41 Å². The lowest BCUT2D eigenvalue weighted by Crippen LogP contribution is -2.29. The quantitative estimate of drug-likeness (QED) is 0.794. The summed E-state index contributed by atoms with van der Waals surface area (Å²) in [4.78, 5) is 24.2. The molecule has 0 radical (unpaired) electrons. The highest BCUT2D eigenvalue weighted by molar-refractivity contribution is 7.20. The molecule has 0 atom stereocenters. The Kier molecular flexibility index (Phi) is 3.21. The van der Waals surface area contributed by atoms with Gasteiger partial charge in [0, 0.05) is 4.88 Å². The second kappa shape index (κ2) is 4.84. The molecule has 1 aliphatic rings. The molecule has 1 heterocycles. The summed E-state index contributed by atoms with van der Waals surface area (Å²) in [5.74, 6) is -0.547. The summed E-state index contributed by atoms with van der Waals surface area (Å²) in [6, 6.07) is 7.38. The molecule has 22 heavy (non-hydrogen) atoms. The molecule has 0 bridgehead atoms. The SMILES string of the molecule is CC1(C)Cc2ccccc2-c2sc(NC(N)=O)c(C(N)=O)c21. The molecule has 1 aromatic heterocycles. The van der Waals surface area contributed by atoms with Crippen molar-refractivity contribution in [1.29, 1.82) is 0 Å². The Labute approximate surface area is 132 Å². The predicted molar refractivity (Wildman–Crippen MR) is 88.2 cm³/mol. The van der Waals surface area contributed by atoms with Crippen LogP contribution in [0.3, 0.4) is 0 Å². The summed E-state index contributed by atoms with van der Waals surface area (Å²) in [6.07, 6.45) is 0.809. The first-order valence-corrected chi connectivity index (χ1v) is 7.74. The van der Waals surface area contributed by atoms with Crippen molar-refractivity contribution >= 4 is 28.3 Å². The van der Waals surface area contributed by atoms with E-state index in [0.717, 1.165) is 22.4 Å². The minimum Gasteiger partial charge on any atom is -0.365 e. The van der Waals surface area contributed by atoms with Gasteiger partial charge in [-0.15, -0.1) is 11.3 Å². The average Bonchev–Trinajstić information content (AvgIpc) is 2.78. The maximum atomic E-state index is 12.0. The summed E-state index contributed by atoms with van der Waals surface area (Å²) < 4.78 is 0. The topological polar surface area (TPSA) is 98.2 Å². The molecule has 3 rings (SSSR count). The maximum absolute atomic E-state index is 12.0. The third-order valence-corrected chi connectivity index (χ3v) is 5.10. The number of rotatable bonds is 2. The highest BCUT2D eigenvalue weighted by Crippen LogP contribution is 2.51. The molecule has 0 spiro atoms. The number of fused-ring (bicyclic) bond motifs is 3. The average molecular weight is 315 g/mol. The third kappa shape index (κ3) is 2.16. The van der Waals surface area contributed by atoms with Crippen molar-refractivity contribution in [1.82, 2.24) is 0 Å². The van der Waals surface area contributed by atoms with Gasteiger partial charge in [0.25, 0.3) is 5.91 Å². The van der Waals surface area contributed by atoms with Gasteiger partial charge in [-0.1, -0.05) is 38.1 Å². The first-order valence-electron chi connectivity index (χ1n) is 6.93. The minimum atomic E-state index is -0.702. The van der Waals surface area contributed by atoms with Gasteiger partial charge in [-0.2, -0.15) is 0 Å². The van der Waals surface area contributed by atoms with Crippen molar-refractivity contribution in [3.05, 3.63) is 41.0 Å². The molecule has 0 saturated heterocycles. The number of carbonyl (C=O) groups excluding carboxylic acids is 2. The van der Waals surface area contributed by atoms with Gasteiger partial charge in [0.05, 0.1) is 5.56 Å². The number of nitrogens with two attached hydrogens (primary N) is 2. The molecule has 0 saturated carbocycles. The van der Waals surface area contributed by atoms with Crippen LogP contribution in [0, 0.1) is 0 Å². The molecule has 6 heteroatoms. The van der Waals surface area contributed by atoms with E-state index < -0.39 is 11.9 Å². The second-order valence-electron chi connectivity index (χ2n) is 6.08. The van der Waals surface area contributed by atoms with Gasteiger partial charge in [0.15, 0.2) is 0 Å². The Balaban J connectivity index is 2.33. The van der Waals surface area contributed by atoms with Crippen molar-refractivity contribution in [2.75, 3.05) is 5.32 Å². The number of urea groups is 1. The highest BCUT2D eigenvalue weighted by atomic mass is 32.1. The van der Waals surface area contributed by atoms with Crippen molar-refractivity contribution in [2.45, 2.75) is 25.7 Å². The Morgan fingerprint density at radius 1 is 1.23 bits per heavy atom. The number of hydrogen-bond donors (Lipinski definition) is 3. The zero-order chi connectivity index (χ0) is 16.1. The molecule has 1 aromatic carbocycles. The molecular weight excluding hydrogens is 298 g/mol. The van der Waals surface area contributed by atoms with Crippen LogP contribution in [0.5, 0.6) is 0 Å². The van der Waals surface area contributed by atoms with Crippen LogP contribution in [0.15, 0.2) is 24.3 Å². The van der Waals surface area contributed by atoms with Gasteiger partial charge in [0.2, 0.25) is 0 Å². The van der Waals surface area contributed by atoms with E-state index in [0.29, 0.717) is 10.6 Å². The van der Waals surface area contributed by atoms with Gasteiger partial charge in [-0.3, -0.25) is 10.1 Å². The fraction of sp³-hybridized carbons (Fsp3) is 0.250.